The molecule has 2 amide bonds. The molecule has 0 bridgehead atoms. The van der Waals surface area contributed by atoms with Crippen LogP contribution in [-0.2, 0) is 9.53 Å². The molecule has 44 heavy (non-hydrogen) atoms. The molecule has 0 fully saturated rings. The maximum atomic E-state index is 12.8. The average Bonchev–Trinajstić information content (AvgIpc) is 2.98. The molecule has 3 N–H and O–H groups in total. The maximum absolute atomic E-state index is 12.8. The van der Waals surface area contributed by atoms with E-state index in [-0.39, 0.29) is 42.6 Å². The number of aromatic hydroxyl groups is 1. The minimum Gasteiger partial charge on any atom is -0.504 e. The first-order chi connectivity index (χ1) is 21.0. The number of para-hydroxylation sites is 1. The Hall–Kier alpha value is -5.12. The van der Waals surface area contributed by atoms with Crippen LogP contribution in [0.25, 0.3) is 22.0 Å². The molecule has 4 rings (SSSR count). The van der Waals surface area contributed by atoms with Gasteiger partial charge in [-0.05, 0) is 81.3 Å². The Morgan fingerprint density at radius 1 is 0.909 bits per heavy atom. The number of ketones is 1. The summed E-state index contributed by atoms with van der Waals surface area (Å²) in [5, 5.41) is 16.3. The maximum Gasteiger partial charge on any atom is 0.407 e. The fourth-order valence-electron chi connectivity index (χ4n) is 4.38. The predicted octanol–water partition coefficient (Wildman–Crippen LogP) is 6.51. The lowest BCUT2D eigenvalue weighted by Gasteiger charge is -2.19. The number of carbonyl (C=O) groups is 3. The number of pyridine rings is 1. The third-order valence-electron chi connectivity index (χ3n) is 6.35. The van der Waals surface area contributed by atoms with Crippen LogP contribution in [0, 0.1) is 0 Å². The van der Waals surface area contributed by atoms with Crippen LogP contribution < -0.4 is 20.1 Å². The number of rotatable bonds is 12. The number of nitrogens with zero attached hydrogens (tertiary/aromatic N) is 1. The highest BCUT2D eigenvalue weighted by molar-refractivity contribution is 6.02. The van der Waals surface area contributed by atoms with Crippen molar-refractivity contribution in [3.63, 3.8) is 0 Å². The first kappa shape index (κ1) is 31.8. The smallest absolute Gasteiger partial charge is 0.407 e. The fourth-order valence-corrected chi connectivity index (χ4v) is 4.38. The normalized spacial score (nSPS) is 11.1. The summed E-state index contributed by atoms with van der Waals surface area (Å²) >= 11 is 0. The molecule has 0 spiro atoms. The van der Waals surface area contributed by atoms with E-state index in [0.717, 1.165) is 16.5 Å². The average molecular weight is 600 g/mol. The number of nitrogens with one attached hydrogen (secondary N) is 2. The van der Waals surface area contributed by atoms with Crippen molar-refractivity contribution in [2.75, 3.05) is 25.1 Å². The summed E-state index contributed by atoms with van der Waals surface area (Å²) < 4.78 is 16.3. The highest BCUT2D eigenvalue weighted by Gasteiger charge is 2.16. The van der Waals surface area contributed by atoms with E-state index in [2.05, 4.69) is 15.6 Å². The molecule has 230 valence electrons. The Kier molecular flexibility index (Phi) is 10.4. The summed E-state index contributed by atoms with van der Waals surface area (Å²) in [4.78, 5) is 41.9. The van der Waals surface area contributed by atoms with E-state index in [9.17, 15) is 19.5 Å². The Morgan fingerprint density at radius 2 is 1.66 bits per heavy atom. The van der Waals surface area contributed by atoms with Gasteiger partial charge < -0.3 is 30.0 Å². The zero-order valence-corrected chi connectivity index (χ0v) is 25.3. The summed E-state index contributed by atoms with van der Waals surface area (Å²) in [6.45, 7) is 8.10. The molecule has 0 radical (unpaired) electrons. The van der Waals surface area contributed by atoms with Gasteiger partial charge in [0, 0.05) is 23.8 Å². The number of carbonyl (C=O) groups excluding carboxylic acids is 3. The number of Topliss-reactive ketones (excluding diaryl/α,β-unsaturated/α-hetero) is 1. The number of phenolic OH excluding ortho intramolecular Hbond substituents is 1. The number of fused-ring (bicyclic) bond motifs is 1. The van der Waals surface area contributed by atoms with E-state index in [1.807, 2.05) is 48.5 Å². The van der Waals surface area contributed by atoms with E-state index in [0.29, 0.717) is 35.8 Å². The lowest BCUT2D eigenvalue weighted by molar-refractivity contribution is -0.116. The second kappa shape index (κ2) is 14.4. The molecular weight excluding hydrogens is 562 g/mol. The Labute approximate surface area is 256 Å². The van der Waals surface area contributed by atoms with Crippen molar-refractivity contribution in [1.29, 1.82) is 0 Å². The van der Waals surface area contributed by atoms with Crippen LogP contribution in [0.5, 0.6) is 17.2 Å². The highest BCUT2D eigenvalue weighted by Crippen LogP contribution is 2.32. The van der Waals surface area contributed by atoms with Gasteiger partial charge in [-0.25, -0.2) is 9.78 Å². The summed E-state index contributed by atoms with van der Waals surface area (Å²) in [6, 6.07) is 21.3. The first-order valence-corrected chi connectivity index (χ1v) is 14.4. The molecule has 0 aliphatic carbocycles. The minimum atomic E-state index is -0.566. The molecule has 1 heterocycles. The molecule has 0 unspecified atom stereocenters. The van der Waals surface area contributed by atoms with Crippen LogP contribution >= 0.6 is 0 Å². The van der Waals surface area contributed by atoms with Crippen molar-refractivity contribution in [2.24, 2.45) is 0 Å². The lowest BCUT2D eigenvalue weighted by atomic mass is 10.0. The third-order valence-corrected chi connectivity index (χ3v) is 6.35. The van der Waals surface area contributed by atoms with Gasteiger partial charge in [-0.2, -0.15) is 0 Å². The van der Waals surface area contributed by atoms with Crippen LogP contribution in [0.15, 0.2) is 72.8 Å². The fraction of sp³-hybridized carbons (Fsp3) is 0.294. The van der Waals surface area contributed by atoms with E-state index < -0.39 is 11.7 Å². The molecule has 0 aliphatic rings. The number of phenols is 1. The number of anilines is 1. The summed E-state index contributed by atoms with van der Waals surface area (Å²) in [5.74, 6) is 0.599. The van der Waals surface area contributed by atoms with Gasteiger partial charge in [-0.3, -0.25) is 9.59 Å². The highest BCUT2D eigenvalue weighted by atomic mass is 16.6. The Balaban J connectivity index is 1.39. The minimum absolute atomic E-state index is 0.0165. The van der Waals surface area contributed by atoms with Crippen molar-refractivity contribution < 1.29 is 33.7 Å². The van der Waals surface area contributed by atoms with Gasteiger partial charge in [-0.1, -0.05) is 30.3 Å². The summed E-state index contributed by atoms with van der Waals surface area (Å²) in [7, 11) is 0. The standard InChI is InChI=1S/C34H37N3O7/c1-5-42-30-20-23(12-15-29(30)39)28(38)16-17-32(40)37-31-21-26(25-8-6-7-9-27(25)36-31)22-10-13-24(14-11-22)43-19-18-35-33(41)44-34(2,3)4/h6-15,20-21,39H,5,16-19H2,1-4H3,(H,35,41)(H,36,37,40). The first-order valence-electron chi connectivity index (χ1n) is 14.4. The molecule has 0 aliphatic heterocycles. The number of hydrogen-bond acceptors (Lipinski definition) is 8. The number of benzene rings is 3. The van der Waals surface area contributed by atoms with Gasteiger partial charge >= 0.3 is 6.09 Å². The van der Waals surface area contributed by atoms with Gasteiger partial charge in [0.05, 0.1) is 18.7 Å². The van der Waals surface area contributed by atoms with E-state index in [1.165, 1.54) is 18.2 Å². The summed E-state index contributed by atoms with van der Waals surface area (Å²) in [5.41, 5.74) is 2.26. The molecule has 10 nitrogen and oxygen atoms in total. The number of aromatic nitrogens is 1. The Morgan fingerprint density at radius 3 is 2.39 bits per heavy atom. The van der Waals surface area contributed by atoms with Gasteiger partial charge in [0.15, 0.2) is 17.3 Å². The van der Waals surface area contributed by atoms with Crippen molar-refractivity contribution >= 4 is 34.5 Å². The van der Waals surface area contributed by atoms with Gasteiger partial charge in [0.1, 0.15) is 23.8 Å². The van der Waals surface area contributed by atoms with Crippen molar-refractivity contribution in [3.05, 3.63) is 78.4 Å². The van der Waals surface area contributed by atoms with Gasteiger partial charge in [0.2, 0.25) is 5.91 Å². The van der Waals surface area contributed by atoms with Crippen molar-refractivity contribution in [3.8, 4) is 28.4 Å². The largest absolute Gasteiger partial charge is 0.504 e. The zero-order chi connectivity index (χ0) is 31.7. The Bertz CT molecular complexity index is 1630. The second-order valence-corrected chi connectivity index (χ2v) is 11.0. The van der Waals surface area contributed by atoms with Crippen LogP contribution in [0.1, 0.15) is 50.9 Å². The molecule has 0 saturated carbocycles. The number of ether oxygens (including phenoxy) is 3. The topological polar surface area (TPSA) is 136 Å². The number of alkyl carbamates (subject to hydrolysis) is 1. The lowest BCUT2D eigenvalue weighted by Crippen LogP contribution is -2.34. The van der Waals surface area contributed by atoms with E-state index in [1.54, 1.807) is 33.8 Å². The molecule has 0 saturated heterocycles. The molecule has 0 atom stereocenters. The quantitative estimate of drug-likeness (QED) is 0.124. The number of amides is 2. The van der Waals surface area contributed by atoms with Crippen molar-refractivity contribution in [1.82, 2.24) is 10.3 Å². The van der Waals surface area contributed by atoms with Crippen LogP contribution in [0.2, 0.25) is 0 Å². The van der Waals surface area contributed by atoms with Crippen LogP contribution in [0.3, 0.4) is 0 Å². The monoisotopic (exact) mass is 599 g/mol. The van der Waals surface area contributed by atoms with Gasteiger partial charge in [0.25, 0.3) is 0 Å². The predicted molar refractivity (Wildman–Crippen MR) is 168 cm³/mol. The molecule has 10 heteroatoms. The van der Waals surface area contributed by atoms with E-state index in [4.69, 9.17) is 14.2 Å². The SMILES string of the molecule is CCOc1cc(C(=O)CCC(=O)Nc2cc(-c3ccc(OCCNC(=O)OC(C)(C)C)cc3)c3ccccc3n2)ccc1O. The third kappa shape index (κ3) is 8.94. The summed E-state index contributed by atoms with van der Waals surface area (Å²) in [6.07, 6.45) is -0.552. The molecule has 1 aromatic heterocycles. The van der Waals surface area contributed by atoms with E-state index >= 15 is 0 Å². The van der Waals surface area contributed by atoms with Crippen molar-refractivity contribution in [2.45, 2.75) is 46.1 Å². The van der Waals surface area contributed by atoms with Crippen LogP contribution in [-0.4, -0.2) is 53.2 Å². The molecular formula is C34H37N3O7. The number of hydrogen-bond donors (Lipinski definition) is 3. The molecule has 3 aromatic carbocycles. The molecule has 4 aromatic rings. The van der Waals surface area contributed by atoms with Gasteiger partial charge in [-0.15, -0.1) is 0 Å². The zero-order valence-electron chi connectivity index (χ0n) is 25.3. The van der Waals surface area contributed by atoms with Crippen LogP contribution in [0.4, 0.5) is 10.6 Å². The second-order valence-electron chi connectivity index (χ2n) is 11.0.